The number of halogens is 2. The predicted octanol–water partition coefficient (Wildman–Crippen LogP) is -0.885. The molecule has 0 aromatic heterocycles. The van der Waals surface area contributed by atoms with E-state index in [4.69, 9.17) is 9.47 Å². The highest BCUT2D eigenvalue weighted by molar-refractivity contribution is 5.85. The Morgan fingerprint density at radius 3 is 2.68 bits per heavy atom. The van der Waals surface area contributed by atoms with Crippen molar-refractivity contribution < 1.29 is 19.1 Å². The van der Waals surface area contributed by atoms with E-state index in [2.05, 4.69) is 15.5 Å². The number of carbonyl (C=O) groups excluding carboxylic acids is 2. The normalized spacial score (nSPS) is 20.8. The average Bonchev–Trinajstić information content (AvgIpc) is 2.90. The third kappa shape index (κ3) is 9.03. The van der Waals surface area contributed by atoms with Crippen molar-refractivity contribution >= 4 is 36.6 Å². The molecule has 2 saturated heterocycles. The van der Waals surface area contributed by atoms with Crippen LogP contribution in [0.4, 0.5) is 0 Å². The lowest BCUT2D eigenvalue weighted by atomic mass is 10.2. The van der Waals surface area contributed by atoms with E-state index in [1.165, 1.54) is 0 Å². The molecule has 0 bridgehead atoms. The number of ether oxygens (including phenoxy) is 2. The summed E-state index contributed by atoms with van der Waals surface area (Å²) < 4.78 is 10.2. The quantitative estimate of drug-likeness (QED) is 0.488. The van der Waals surface area contributed by atoms with Gasteiger partial charge < -0.3 is 25.0 Å². The van der Waals surface area contributed by atoms with Crippen molar-refractivity contribution in [3.8, 4) is 0 Å². The van der Waals surface area contributed by atoms with Crippen LogP contribution in [0.5, 0.6) is 0 Å². The SMILES string of the molecule is COCCNCC(=O)NC1CC(=O)N(CCN2CCOCC2)C1.Cl.Cl. The lowest BCUT2D eigenvalue weighted by molar-refractivity contribution is -0.128. The minimum Gasteiger partial charge on any atom is -0.383 e. The van der Waals surface area contributed by atoms with Crippen LogP contribution in [0.1, 0.15) is 6.42 Å². The zero-order valence-corrected chi connectivity index (χ0v) is 16.3. The number of methoxy groups -OCH3 is 1. The summed E-state index contributed by atoms with van der Waals surface area (Å²) in [5, 5.41) is 5.91. The molecule has 0 aliphatic carbocycles. The summed E-state index contributed by atoms with van der Waals surface area (Å²) in [6.45, 7) is 7.04. The van der Waals surface area contributed by atoms with E-state index >= 15 is 0 Å². The van der Waals surface area contributed by atoms with E-state index in [0.717, 1.165) is 39.4 Å². The van der Waals surface area contributed by atoms with Gasteiger partial charge in [0.05, 0.1) is 32.4 Å². The maximum absolute atomic E-state index is 12.0. The molecule has 1 atom stereocenters. The number of nitrogens with zero attached hydrogens (tertiary/aromatic N) is 2. The minimum atomic E-state index is -0.0797. The van der Waals surface area contributed by atoms with Crippen LogP contribution in [0, 0.1) is 0 Å². The second kappa shape index (κ2) is 13.5. The van der Waals surface area contributed by atoms with Gasteiger partial charge in [0.25, 0.3) is 0 Å². The molecule has 2 aliphatic rings. The summed E-state index contributed by atoms with van der Waals surface area (Å²) >= 11 is 0. The highest BCUT2D eigenvalue weighted by Crippen LogP contribution is 2.11. The van der Waals surface area contributed by atoms with E-state index in [9.17, 15) is 9.59 Å². The maximum Gasteiger partial charge on any atom is 0.234 e. The van der Waals surface area contributed by atoms with Gasteiger partial charge in [-0.15, -0.1) is 24.8 Å². The molecular weight excluding hydrogens is 371 g/mol. The van der Waals surface area contributed by atoms with Gasteiger partial charge in [0.1, 0.15) is 0 Å². The Bertz CT molecular complexity index is 398. The highest BCUT2D eigenvalue weighted by Gasteiger charge is 2.30. The third-order valence-corrected chi connectivity index (χ3v) is 4.14. The fourth-order valence-electron chi connectivity index (χ4n) is 2.83. The second-order valence-electron chi connectivity index (χ2n) is 5.93. The molecule has 8 nitrogen and oxygen atoms in total. The van der Waals surface area contributed by atoms with Gasteiger partial charge in [-0.3, -0.25) is 14.5 Å². The number of likely N-dealkylation sites (tertiary alicyclic amines) is 1. The van der Waals surface area contributed by atoms with Crippen molar-refractivity contribution in [2.75, 3.05) is 72.7 Å². The number of carbonyl (C=O) groups is 2. The molecule has 0 aromatic rings. The van der Waals surface area contributed by atoms with Gasteiger partial charge in [-0.05, 0) is 0 Å². The maximum atomic E-state index is 12.0. The van der Waals surface area contributed by atoms with Gasteiger partial charge in [0, 0.05) is 52.8 Å². The van der Waals surface area contributed by atoms with Crippen molar-refractivity contribution in [2.24, 2.45) is 0 Å². The van der Waals surface area contributed by atoms with Gasteiger partial charge in [-0.2, -0.15) is 0 Å². The number of rotatable bonds is 9. The second-order valence-corrected chi connectivity index (χ2v) is 5.93. The van der Waals surface area contributed by atoms with Crippen LogP contribution < -0.4 is 10.6 Å². The first-order chi connectivity index (χ1) is 11.2. The van der Waals surface area contributed by atoms with Crippen LogP contribution in [-0.4, -0.2) is 100 Å². The number of hydrogen-bond acceptors (Lipinski definition) is 6. The lowest BCUT2D eigenvalue weighted by Gasteiger charge is -2.28. The topological polar surface area (TPSA) is 83.1 Å². The first kappa shape index (κ1) is 24.4. The molecule has 0 radical (unpaired) electrons. The van der Waals surface area contributed by atoms with E-state index in [1.807, 2.05) is 4.90 Å². The lowest BCUT2D eigenvalue weighted by Crippen LogP contribution is -2.44. The Labute approximate surface area is 161 Å². The molecule has 0 saturated carbocycles. The molecule has 10 heteroatoms. The van der Waals surface area contributed by atoms with E-state index in [-0.39, 0.29) is 49.2 Å². The van der Waals surface area contributed by atoms with Crippen LogP contribution in [0.3, 0.4) is 0 Å². The summed E-state index contributed by atoms with van der Waals surface area (Å²) in [5.41, 5.74) is 0. The third-order valence-electron chi connectivity index (χ3n) is 4.14. The Morgan fingerprint density at radius 1 is 1.28 bits per heavy atom. The Hall–Kier alpha value is -0.640. The van der Waals surface area contributed by atoms with Crippen LogP contribution in [0.15, 0.2) is 0 Å². The minimum absolute atomic E-state index is 0. The Morgan fingerprint density at radius 2 is 2.00 bits per heavy atom. The van der Waals surface area contributed by atoms with Crippen molar-refractivity contribution in [2.45, 2.75) is 12.5 Å². The number of amides is 2. The van der Waals surface area contributed by atoms with E-state index in [0.29, 0.717) is 26.1 Å². The zero-order chi connectivity index (χ0) is 16.5. The molecule has 2 heterocycles. The molecule has 1 unspecified atom stereocenters. The summed E-state index contributed by atoms with van der Waals surface area (Å²) in [6, 6.07) is -0.0797. The van der Waals surface area contributed by atoms with Crippen LogP contribution in [0.25, 0.3) is 0 Å². The molecule has 0 spiro atoms. The Kier molecular flexibility index (Phi) is 13.2. The largest absolute Gasteiger partial charge is 0.383 e. The van der Waals surface area contributed by atoms with Gasteiger partial charge in [0.2, 0.25) is 11.8 Å². The molecule has 2 amide bonds. The zero-order valence-electron chi connectivity index (χ0n) is 14.7. The van der Waals surface area contributed by atoms with Crippen molar-refractivity contribution in [3.63, 3.8) is 0 Å². The van der Waals surface area contributed by atoms with E-state index in [1.54, 1.807) is 7.11 Å². The van der Waals surface area contributed by atoms with Crippen molar-refractivity contribution in [3.05, 3.63) is 0 Å². The van der Waals surface area contributed by atoms with Crippen LogP contribution >= 0.6 is 24.8 Å². The average molecular weight is 401 g/mol. The predicted molar refractivity (Wildman–Crippen MR) is 99.6 cm³/mol. The molecule has 2 N–H and O–H groups in total. The molecule has 2 fully saturated rings. The number of morpholine rings is 1. The van der Waals surface area contributed by atoms with Crippen molar-refractivity contribution in [1.29, 1.82) is 0 Å². The fraction of sp³-hybridized carbons (Fsp3) is 0.867. The summed E-state index contributed by atoms with van der Waals surface area (Å²) in [6.07, 6.45) is 0.396. The van der Waals surface area contributed by atoms with Crippen molar-refractivity contribution in [1.82, 2.24) is 20.4 Å². The number of hydrogen-bond donors (Lipinski definition) is 2. The van der Waals surface area contributed by atoms with Crippen LogP contribution in [0.2, 0.25) is 0 Å². The smallest absolute Gasteiger partial charge is 0.234 e. The molecule has 2 aliphatic heterocycles. The first-order valence-electron chi connectivity index (χ1n) is 8.26. The van der Waals surface area contributed by atoms with Gasteiger partial charge >= 0.3 is 0 Å². The summed E-state index contributed by atoms with van der Waals surface area (Å²) in [4.78, 5) is 28.0. The molecule has 0 aromatic carbocycles. The first-order valence-corrected chi connectivity index (χ1v) is 8.26. The summed E-state index contributed by atoms with van der Waals surface area (Å²) in [5.74, 6) is 0.0461. The monoisotopic (exact) mass is 400 g/mol. The molecule has 2 rings (SSSR count). The van der Waals surface area contributed by atoms with Gasteiger partial charge in [-0.1, -0.05) is 0 Å². The highest BCUT2D eigenvalue weighted by atomic mass is 35.5. The molecule has 25 heavy (non-hydrogen) atoms. The number of nitrogens with one attached hydrogen (secondary N) is 2. The standard InChI is InChI=1S/C15H28N4O4.2ClH/c1-22-7-2-16-11-14(20)17-13-10-15(21)19(12-13)4-3-18-5-8-23-9-6-18;;/h13,16H,2-12H2,1H3,(H,17,20);2*1H. The van der Waals surface area contributed by atoms with Gasteiger partial charge in [0.15, 0.2) is 0 Å². The van der Waals surface area contributed by atoms with Crippen LogP contribution in [-0.2, 0) is 19.1 Å². The summed E-state index contributed by atoms with van der Waals surface area (Å²) in [7, 11) is 1.62. The fourth-order valence-corrected chi connectivity index (χ4v) is 2.83. The molecule has 148 valence electrons. The Balaban J connectivity index is 0.00000288. The molecular formula is C15H30Cl2N4O4. The van der Waals surface area contributed by atoms with E-state index < -0.39 is 0 Å². The van der Waals surface area contributed by atoms with Gasteiger partial charge in [-0.25, -0.2) is 0 Å².